The van der Waals surface area contributed by atoms with Crippen molar-refractivity contribution >= 4 is 34.6 Å². The minimum absolute atomic E-state index is 0.0157. The zero-order valence-electron chi connectivity index (χ0n) is 18.2. The molecule has 1 aromatic heterocycles. The lowest BCUT2D eigenvalue weighted by molar-refractivity contribution is -0.136. The Kier molecular flexibility index (Phi) is 6.89. The molecular weight excluding hydrogens is 434 g/mol. The first-order valence-electron chi connectivity index (χ1n) is 10.0. The van der Waals surface area contributed by atoms with Crippen LogP contribution in [0.2, 0.25) is 5.02 Å². The summed E-state index contributed by atoms with van der Waals surface area (Å²) in [6.45, 7) is 6.92. The molecule has 2 aromatic carbocycles. The van der Waals surface area contributed by atoms with Gasteiger partial charge in [-0.3, -0.25) is 0 Å². The van der Waals surface area contributed by atoms with E-state index in [2.05, 4.69) is 5.32 Å². The second kappa shape index (κ2) is 9.44. The van der Waals surface area contributed by atoms with Gasteiger partial charge in [0.2, 0.25) is 0 Å². The molecule has 8 heteroatoms. The third kappa shape index (κ3) is 6.11. The molecule has 1 amide bonds. The number of fused-ring (bicyclic) bond motifs is 1. The van der Waals surface area contributed by atoms with Gasteiger partial charge in [-0.25, -0.2) is 14.4 Å². The van der Waals surface area contributed by atoms with Crippen molar-refractivity contribution in [2.45, 2.75) is 45.8 Å². The summed E-state index contributed by atoms with van der Waals surface area (Å²) in [6, 6.07) is 12.4. The average molecular weight is 458 g/mol. The van der Waals surface area contributed by atoms with E-state index in [1.807, 2.05) is 30.3 Å². The van der Waals surface area contributed by atoms with E-state index in [-0.39, 0.29) is 22.8 Å². The Morgan fingerprint density at radius 2 is 1.81 bits per heavy atom. The Bertz CT molecular complexity index is 1200. The summed E-state index contributed by atoms with van der Waals surface area (Å²) >= 11 is 6.31. The van der Waals surface area contributed by atoms with E-state index in [4.69, 9.17) is 25.5 Å². The number of alkyl carbamates (subject to hydrolysis) is 1. The van der Waals surface area contributed by atoms with Gasteiger partial charge in [0.15, 0.2) is 5.75 Å². The number of hydrogen-bond acceptors (Lipinski definition) is 6. The van der Waals surface area contributed by atoms with E-state index in [0.717, 1.165) is 5.56 Å². The number of esters is 1. The summed E-state index contributed by atoms with van der Waals surface area (Å²) < 4.78 is 16.0. The molecule has 0 spiro atoms. The number of rotatable bonds is 5. The Balaban J connectivity index is 1.87. The van der Waals surface area contributed by atoms with Gasteiger partial charge < -0.3 is 19.2 Å². The third-order valence-corrected chi connectivity index (χ3v) is 4.77. The lowest BCUT2D eigenvalue weighted by Gasteiger charge is -2.23. The van der Waals surface area contributed by atoms with Gasteiger partial charge in [0.25, 0.3) is 0 Å². The van der Waals surface area contributed by atoms with Crippen LogP contribution < -0.4 is 15.7 Å². The largest absolute Gasteiger partial charge is 0.444 e. The van der Waals surface area contributed by atoms with Crippen molar-refractivity contribution in [3.8, 4) is 5.75 Å². The molecule has 0 saturated carbocycles. The molecule has 0 bridgehead atoms. The molecule has 7 nitrogen and oxygen atoms in total. The Hall–Kier alpha value is -3.32. The van der Waals surface area contributed by atoms with Gasteiger partial charge in [-0.15, -0.1) is 0 Å². The maximum absolute atomic E-state index is 13.0. The summed E-state index contributed by atoms with van der Waals surface area (Å²) in [4.78, 5) is 37.0. The number of halogens is 1. The van der Waals surface area contributed by atoms with Crippen LogP contribution in [0.25, 0.3) is 11.0 Å². The smallest absolute Gasteiger partial charge is 0.408 e. The van der Waals surface area contributed by atoms with Gasteiger partial charge in [0, 0.05) is 23.9 Å². The van der Waals surface area contributed by atoms with Crippen LogP contribution >= 0.6 is 11.6 Å². The summed E-state index contributed by atoms with van der Waals surface area (Å²) in [6.07, 6.45) is -0.570. The number of carbonyl (C=O) groups excluding carboxylic acids is 2. The highest BCUT2D eigenvalue weighted by atomic mass is 35.5. The molecule has 1 heterocycles. The van der Waals surface area contributed by atoms with Crippen molar-refractivity contribution in [2.24, 2.45) is 0 Å². The first-order chi connectivity index (χ1) is 15.0. The zero-order chi connectivity index (χ0) is 23.5. The first-order valence-corrected chi connectivity index (χ1v) is 10.4. The Labute approximate surface area is 190 Å². The molecule has 0 aliphatic carbocycles. The normalized spacial score (nSPS) is 12.3. The van der Waals surface area contributed by atoms with Crippen molar-refractivity contribution in [1.29, 1.82) is 0 Å². The van der Waals surface area contributed by atoms with Gasteiger partial charge in [0.1, 0.15) is 17.2 Å². The molecular formula is C24H24ClNO6. The molecule has 168 valence electrons. The molecule has 3 aromatic rings. The number of hydrogen-bond donors (Lipinski definition) is 1. The molecule has 32 heavy (non-hydrogen) atoms. The second-order valence-electron chi connectivity index (χ2n) is 8.34. The average Bonchev–Trinajstić information content (AvgIpc) is 2.68. The van der Waals surface area contributed by atoms with Crippen LogP contribution in [0.1, 0.15) is 31.9 Å². The Morgan fingerprint density at radius 1 is 1.12 bits per heavy atom. The summed E-state index contributed by atoms with van der Waals surface area (Å²) in [5, 5.41) is 3.36. The van der Waals surface area contributed by atoms with Gasteiger partial charge in [-0.2, -0.15) is 0 Å². The van der Waals surface area contributed by atoms with Crippen LogP contribution in [0, 0.1) is 6.92 Å². The lowest BCUT2D eigenvalue weighted by atomic mass is 10.1. The number of benzene rings is 2. The fourth-order valence-electron chi connectivity index (χ4n) is 3.07. The van der Waals surface area contributed by atoms with Crippen LogP contribution in [-0.2, 0) is 16.0 Å². The molecule has 0 aliphatic rings. The number of carbonyl (C=O) groups is 2. The predicted octanol–water partition coefficient (Wildman–Crippen LogP) is 4.80. The van der Waals surface area contributed by atoms with Gasteiger partial charge in [-0.1, -0.05) is 41.9 Å². The molecule has 3 rings (SSSR count). The van der Waals surface area contributed by atoms with Crippen molar-refractivity contribution in [2.75, 3.05) is 0 Å². The van der Waals surface area contributed by atoms with Crippen LogP contribution in [0.15, 0.2) is 57.7 Å². The molecule has 0 aliphatic heterocycles. The van der Waals surface area contributed by atoms with Crippen LogP contribution in [0.5, 0.6) is 5.75 Å². The van der Waals surface area contributed by atoms with Crippen molar-refractivity contribution < 1.29 is 23.5 Å². The number of amides is 1. The molecule has 0 fully saturated rings. The highest BCUT2D eigenvalue weighted by Gasteiger charge is 2.27. The lowest BCUT2D eigenvalue weighted by Crippen LogP contribution is -2.46. The molecule has 0 saturated heterocycles. The monoisotopic (exact) mass is 457 g/mol. The summed E-state index contributed by atoms with van der Waals surface area (Å²) in [5.74, 6) is -0.724. The highest BCUT2D eigenvalue weighted by Crippen LogP contribution is 2.31. The van der Waals surface area contributed by atoms with Crippen molar-refractivity contribution in [3.05, 3.63) is 75.1 Å². The molecule has 1 N–H and O–H groups in total. The van der Waals surface area contributed by atoms with E-state index in [1.54, 1.807) is 33.8 Å². The van der Waals surface area contributed by atoms with E-state index >= 15 is 0 Å². The van der Waals surface area contributed by atoms with E-state index in [9.17, 15) is 14.4 Å². The minimum atomic E-state index is -1.04. The van der Waals surface area contributed by atoms with E-state index < -0.39 is 29.3 Å². The molecule has 0 unspecified atom stereocenters. The van der Waals surface area contributed by atoms with Gasteiger partial charge in [-0.05, 0) is 44.9 Å². The van der Waals surface area contributed by atoms with Crippen molar-refractivity contribution in [1.82, 2.24) is 5.32 Å². The molecule has 1 atom stereocenters. The topological polar surface area (TPSA) is 94.8 Å². The number of ether oxygens (including phenoxy) is 2. The zero-order valence-corrected chi connectivity index (χ0v) is 19.0. The summed E-state index contributed by atoms with van der Waals surface area (Å²) in [7, 11) is 0. The van der Waals surface area contributed by atoms with Crippen LogP contribution in [-0.4, -0.2) is 23.7 Å². The predicted molar refractivity (Wildman–Crippen MR) is 121 cm³/mol. The fraction of sp³-hybridized carbons (Fsp3) is 0.292. The standard InChI is InChI=1S/C24H24ClNO6/c1-14-10-21(27)30-19-13-20(17(25)12-16(14)19)31-22(28)18(11-15-8-6-5-7-9-15)26-23(29)32-24(2,3)4/h5-10,12-13,18H,11H2,1-4H3,(H,26,29)/t18-/m1/s1. The van der Waals surface area contributed by atoms with Crippen LogP contribution in [0.4, 0.5) is 4.79 Å². The highest BCUT2D eigenvalue weighted by molar-refractivity contribution is 6.33. The van der Waals surface area contributed by atoms with Crippen molar-refractivity contribution in [3.63, 3.8) is 0 Å². The maximum Gasteiger partial charge on any atom is 0.408 e. The quantitative estimate of drug-likeness (QED) is 0.336. The van der Waals surface area contributed by atoms with E-state index in [0.29, 0.717) is 10.9 Å². The first kappa shape index (κ1) is 23.3. The number of aryl methyl sites for hydroxylation is 1. The van der Waals surface area contributed by atoms with Gasteiger partial charge >= 0.3 is 17.7 Å². The third-order valence-electron chi connectivity index (χ3n) is 4.47. The van der Waals surface area contributed by atoms with Crippen LogP contribution in [0.3, 0.4) is 0 Å². The SMILES string of the molecule is Cc1cc(=O)oc2cc(OC(=O)[C@@H](Cc3ccccc3)NC(=O)OC(C)(C)C)c(Cl)cc12. The van der Waals surface area contributed by atoms with E-state index in [1.165, 1.54) is 12.1 Å². The fourth-order valence-corrected chi connectivity index (χ4v) is 3.27. The molecule has 0 radical (unpaired) electrons. The van der Waals surface area contributed by atoms with Gasteiger partial charge in [0.05, 0.1) is 5.02 Å². The number of nitrogens with one attached hydrogen (secondary N) is 1. The summed E-state index contributed by atoms with van der Waals surface area (Å²) in [5.41, 5.74) is 0.480. The Morgan fingerprint density at radius 3 is 2.47 bits per heavy atom. The minimum Gasteiger partial charge on any atom is -0.444 e. The maximum atomic E-state index is 13.0. The second-order valence-corrected chi connectivity index (χ2v) is 8.74.